The first-order valence-corrected chi connectivity index (χ1v) is 6.80. The minimum Gasteiger partial charge on any atom is -0.326 e. The zero-order valence-corrected chi connectivity index (χ0v) is 10.2. The molecule has 0 aliphatic carbocycles. The predicted molar refractivity (Wildman–Crippen MR) is 68.6 cm³/mol. The van der Waals surface area contributed by atoms with Crippen LogP contribution in [-0.4, -0.2) is 17.0 Å². The molecule has 1 aromatic carbocycles. The van der Waals surface area contributed by atoms with E-state index in [0.717, 1.165) is 11.4 Å². The number of hydrogen-bond acceptors (Lipinski definition) is 2. The predicted octanol–water partition coefficient (Wildman–Crippen LogP) is 3.11. The summed E-state index contributed by atoms with van der Waals surface area (Å²) in [7, 11) is 0. The first kappa shape index (κ1) is 11.3. The van der Waals surface area contributed by atoms with Crippen LogP contribution in [0.15, 0.2) is 24.3 Å². The van der Waals surface area contributed by atoms with Crippen molar-refractivity contribution in [1.82, 2.24) is 0 Å². The van der Waals surface area contributed by atoms with Gasteiger partial charge in [0.1, 0.15) is 0 Å². The molecule has 2 atom stereocenters. The van der Waals surface area contributed by atoms with E-state index in [1.807, 2.05) is 23.9 Å². The third-order valence-corrected chi connectivity index (χ3v) is 4.62. The Hall–Kier alpha value is -0.180. The van der Waals surface area contributed by atoms with Crippen LogP contribution in [-0.2, 0) is 6.42 Å². The van der Waals surface area contributed by atoms with Crippen molar-refractivity contribution >= 4 is 23.4 Å². The van der Waals surface area contributed by atoms with Crippen LogP contribution in [0.4, 0.5) is 0 Å². The van der Waals surface area contributed by atoms with Gasteiger partial charge in [-0.3, -0.25) is 0 Å². The summed E-state index contributed by atoms with van der Waals surface area (Å²) in [5.74, 6) is 1.28. The third kappa shape index (κ3) is 3.13. The van der Waals surface area contributed by atoms with Crippen molar-refractivity contribution in [1.29, 1.82) is 0 Å². The lowest BCUT2D eigenvalue weighted by atomic mass is 10.0. The molecule has 2 unspecified atom stereocenters. The van der Waals surface area contributed by atoms with E-state index in [1.165, 1.54) is 24.2 Å². The van der Waals surface area contributed by atoms with Crippen molar-refractivity contribution in [2.45, 2.75) is 30.6 Å². The number of halogens is 1. The number of rotatable bonds is 3. The molecule has 2 rings (SSSR count). The van der Waals surface area contributed by atoms with Crippen LogP contribution in [0.3, 0.4) is 0 Å². The maximum atomic E-state index is 6.20. The number of benzene rings is 1. The van der Waals surface area contributed by atoms with Crippen LogP contribution in [0.1, 0.15) is 18.4 Å². The van der Waals surface area contributed by atoms with Gasteiger partial charge in [0.25, 0.3) is 0 Å². The molecule has 1 aliphatic rings. The highest BCUT2D eigenvalue weighted by Crippen LogP contribution is 2.29. The van der Waals surface area contributed by atoms with Gasteiger partial charge in [-0.15, -0.1) is 0 Å². The Kier molecular flexibility index (Phi) is 3.95. The van der Waals surface area contributed by atoms with Gasteiger partial charge < -0.3 is 5.73 Å². The molecule has 0 aromatic heterocycles. The van der Waals surface area contributed by atoms with Gasteiger partial charge in [0.05, 0.1) is 0 Å². The standard InChI is InChI=1S/C12H16ClNS/c13-10-5-3-9(4-6-10)8-11(14)12-2-1-7-15-12/h3-6,11-12H,1-2,7-8,14H2. The van der Waals surface area contributed by atoms with Crippen LogP contribution in [0.2, 0.25) is 5.02 Å². The Balaban J connectivity index is 1.92. The lowest BCUT2D eigenvalue weighted by Crippen LogP contribution is -2.32. The summed E-state index contributed by atoms with van der Waals surface area (Å²) in [6.07, 6.45) is 3.57. The van der Waals surface area contributed by atoms with Crippen LogP contribution in [0.25, 0.3) is 0 Å². The molecule has 0 radical (unpaired) electrons. The van der Waals surface area contributed by atoms with E-state index in [9.17, 15) is 0 Å². The molecule has 3 heteroatoms. The quantitative estimate of drug-likeness (QED) is 0.880. The normalized spacial score (nSPS) is 22.9. The Labute approximate surface area is 100 Å². The molecule has 0 spiro atoms. The van der Waals surface area contributed by atoms with Gasteiger partial charge >= 0.3 is 0 Å². The average molecular weight is 242 g/mol. The molecule has 2 N–H and O–H groups in total. The van der Waals surface area contributed by atoms with Gasteiger partial charge in [-0.2, -0.15) is 11.8 Å². The SMILES string of the molecule is NC(Cc1ccc(Cl)cc1)C1CCCS1. The van der Waals surface area contributed by atoms with Gasteiger partial charge in [-0.05, 0) is 42.7 Å². The van der Waals surface area contributed by atoms with Crippen molar-refractivity contribution in [3.8, 4) is 0 Å². The highest BCUT2D eigenvalue weighted by atomic mass is 35.5. The van der Waals surface area contributed by atoms with E-state index in [4.69, 9.17) is 17.3 Å². The first-order chi connectivity index (χ1) is 7.25. The van der Waals surface area contributed by atoms with E-state index in [1.54, 1.807) is 0 Å². The fraction of sp³-hybridized carbons (Fsp3) is 0.500. The van der Waals surface area contributed by atoms with Crippen LogP contribution >= 0.6 is 23.4 Å². The van der Waals surface area contributed by atoms with Crippen molar-refractivity contribution in [3.05, 3.63) is 34.9 Å². The molecule has 1 saturated heterocycles. The maximum Gasteiger partial charge on any atom is 0.0406 e. The number of hydrogen-bond donors (Lipinski definition) is 1. The summed E-state index contributed by atoms with van der Waals surface area (Å²) in [5.41, 5.74) is 7.49. The van der Waals surface area contributed by atoms with Crippen LogP contribution in [0.5, 0.6) is 0 Å². The van der Waals surface area contributed by atoms with E-state index in [2.05, 4.69) is 12.1 Å². The summed E-state index contributed by atoms with van der Waals surface area (Å²) >= 11 is 7.86. The lowest BCUT2D eigenvalue weighted by Gasteiger charge is -2.18. The van der Waals surface area contributed by atoms with E-state index in [-0.39, 0.29) is 0 Å². The van der Waals surface area contributed by atoms with Gasteiger partial charge in [0, 0.05) is 16.3 Å². The molecule has 0 saturated carbocycles. The Morgan fingerprint density at radius 2 is 2.13 bits per heavy atom. The summed E-state index contributed by atoms with van der Waals surface area (Å²) in [5, 5.41) is 1.45. The second-order valence-electron chi connectivity index (χ2n) is 4.05. The number of thioether (sulfide) groups is 1. The van der Waals surface area contributed by atoms with Crippen LogP contribution < -0.4 is 5.73 Å². The topological polar surface area (TPSA) is 26.0 Å². The smallest absolute Gasteiger partial charge is 0.0406 e. The molecule has 1 fully saturated rings. The summed E-state index contributed by atoms with van der Waals surface area (Å²) < 4.78 is 0. The summed E-state index contributed by atoms with van der Waals surface area (Å²) in [4.78, 5) is 0. The molecule has 0 amide bonds. The molecule has 15 heavy (non-hydrogen) atoms. The minimum atomic E-state index is 0.290. The molecular weight excluding hydrogens is 226 g/mol. The molecule has 0 bridgehead atoms. The van der Waals surface area contributed by atoms with Crippen molar-refractivity contribution in [2.24, 2.45) is 5.73 Å². The third-order valence-electron chi connectivity index (χ3n) is 2.83. The Morgan fingerprint density at radius 3 is 2.73 bits per heavy atom. The summed E-state index contributed by atoms with van der Waals surface area (Å²) in [6, 6.07) is 8.30. The zero-order valence-electron chi connectivity index (χ0n) is 8.66. The first-order valence-electron chi connectivity index (χ1n) is 5.37. The highest BCUT2D eigenvalue weighted by Gasteiger charge is 2.22. The van der Waals surface area contributed by atoms with Crippen molar-refractivity contribution in [2.75, 3.05) is 5.75 Å². The van der Waals surface area contributed by atoms with Gasteiger partial charge in [-0.25, -0.2) is 0 Å². The lowest BCUT2D eigenvalue weighted by molar-refractivity contribution is 0.609. The molecule has 82 valence electrons. The second kappa shape index (κ2) is 5.24. The fourth-order valence-electron chi connectivity index (χ4n) is 1.96. The van der Waals surface area contributed by atoms with E-state index in [0.29, 0.717) is 11.3 Å². The largest absolute Gasteiger partial charge is 0.326 e. The van der Waals surface area contributed by atoms with E-state index < -0.39 is 0 Å². The summed E-state index contributed by atoms with van der Waals surface area (Å²) in [6.45, 7) is 0. The van der Waals surface area contributed by atoms with Gasteiger partial charge in [0.15, 0.2) is 0 Å². The Morgan fingerprint density at radius 1 is 1.40 bits per heavy atom. The van der Waals surface area contributed by atoms with E-state index >= 15 is 0 Å². The maximum absolute atomic E-state index is 6.20. The number of nitrogens with two attached hydrogens (primary N) is 1. The second-order valence-corrected chi connectivity index (χ2v) is 5.83. The molecule has 1 aliphatic heterocycles. The molecule has 1 aromatic rings. The zero-order chi connectivity index (χ0) is 10.7. The van der Waals surface area contributed by atoms with Crippen molar-refractivity contribution in [3.63, 3.8) is 0 Å². The monoisotopic (exact) mass is 241 g/mol. The van der Waals surface area contributed by atoms with Gasteiger partial charge in [-0.1, -0.05) is 23.7 Å². The minimum absolute atomic E-state index is 0.290. The average Bonchev–Trinajstić information content (AvgIpc) is 2.74. The molecule has 1 heterocycles. The molecule has 1 nitrogen and oxygen atoms in total. The fourth-order valence-corrected chi connectivity index (χ4v) is 3.40. The molecular formula is C12H16ClNS. The Bertz CT molecular complexity index is 306. The highest BCUT2D eigenvalue weighted by molar-refractivity contribution is 8.00. The van der Waals surface area contributed by atoms with Crippen molar-refractivity contribution < 1.29 is 0 Å². The van der Waals surface area contributed by atoms with Crippen LogP contribution in [0, 0.1) is 0 Å². The van der Waals surface area contributed by atoms with Gasteiger partial charge in [0.2, 0.25) is 0 Å².